The molecule has 0 fully saturated rings. The van der Waals surface area contributed by atoms with Crippen molar-refractivity contribution in [3.63, 3.8) is 0 Å². The molecule has 0 aliphatic carbocycles. The molecular formula is C13H10N2O3. The number of nitrogens with zero attached hydrogens (tertiary/aromatic N) is 1. The highest BCUT2D eigenvalue weighted by molar-refractivity contribution is 6.32. The predicted octanol–water partition coefficient (Wildman–Crippen LogP) is 1.48. The Labute approximate surface area is 104 Å². The van der Waals surface area contributed by atoms with Crippen LogP contribution < -0.4 is 5.32 Å². The number of carbonyl (C=O) groups excluding carboxylic acids is 2. The van der Waals surface area contributed by atoms with Crippen molar-refractivity contribution in [1.29, 1.82) is 5.26 Å². The van der Waals surface area contributed by atoms with Crippen molar-refractivity contribution < 1.29 is 14.3 Å². The van der Waals surface area contributed by atoms with E-state index in [-0.39, 0.29) is 23.7 Å². The molecule has 1 aromatic rings. The fourth-order valence-corrected chi connectivity index (χ4v) is 1.75. The third-order valence-electron chi connectivity index (χ3n) is 2.53. The van der Waals surface area contributed by atoms with Crippen molar-refractivity contribution in [3.05, 3.63) is 35.4 Å². The Kier molecular flexibility index (Phi) is 3.11. The zero-order chi connectivity index (χ0) is 13.1. The first-order chi connectivity index (χ1) is 8.63. The molecule has 18 heavy (non-hydrogen) atoms. The molecule has 1 heterocycles. The quantitative estimate of drug-likeness (QED) is 0.484. The highest BCUT2D eigenvalue weighted by atomic mass is 16.5. The number of rotatable bonds is 2. The second-order valence-corrected chi connectivity index (χ2v) is 3.75. The van der Waals surface area contributed by atoms with Crippen LogP contribution in [-0.4, -0.2) is 18.5 Å². The van der Waals surface area contributed by atoms with Crippen LogP contribution in [0.4, 0.5) is 5.69 Å². The van der Waals surface area contributed by atoms with Crippen LogP contribution in [0, 0.1) is 11.3 Å². The molecule has 0 aromatic heterocycles. The summed E-state index contributed by atoms with van der Waals surface area (Å²) in [5.74, 6) is -0.838. The summed E-state index contributed by atoms with van der Waals surface area (Å²) >= 11 is 0. The van der Waals surface area contributed by atoms with E-state index in [1.54, 1.807) is 24.3 Å². The van der Waals surface area contributed by atoms with Crippen molar-refractivity contribution >= 4 is 23.1 Å². The molecule has 1 aliphatic heterocycles. The van der Waals surface area contributed by atoms with Gasteiger partial charge in [-0.15, -0.1) is 0 Å². The maximum absolute atomic E-state index is 11.8. The molecule has 5 nitrogen and oxygen atoms in total. The standard InChI is InChI=1S/C13H10N2O3/c1-8(16)18-7-9(6-14)12-10-4-2-3-5-11(10)15-13(12)17/h2-5H,7H2,1H3,(H,15,17)/b12-9-. The van der Waals surface area contributed by atoms with Crippen LogP contribution in [-0.2, 0) is 14.3 Å². The number of para-hydroxylation sites is 1. The zero-order valence-electron chi connectivity index (χ0n) is 9.69. The monoisotopic (exact) mass is 242 g/mol. The summed E-state index contributed by atoms with van der Waals surface area (Å²) in [4.78, 5) is 22.6. The molecule has 0 saturated heterocycles. The largest absolute Gasteiger partial charge is 0.460 e. The van der Waals surface area contributed by atoms with E-state index in [2.05, 4.69) is 5.32 Å². The van der Waals surface area contributed by atoms with Gasteiger partial charge in [-0.25, -0.2) is 0 Å². The average Bonchev–Trinajstić information content (AvgIpc) is 2.67. The average molecular weight is 242 g/mol. The number of anilines is 1. The van der Waals surface area contributed by atoms with E-state index in [1.807, 2.05) is 6.07 Å². The smallest absolute Gasteiger partial charge is 0.302 e. The lowest BCUT2D eigenvalue weighted by Crippen LogP contribution is -2.09. The first kappa shape index (κ1) is 11.9. The van der Waals surface area contributed by atoms with Crippen LogP contribution >= 0.6 is 0 Å². The Bertz CT molecular complexity index is 596. The van der Waals surface area contributed by atoms with Crippen LogP contribution in [0.5, 0.6) is 0 Å². The molecule has 0 atom stereocenters. The summed E-state index contributed by atoms with van der Waals surface area (Å²) in [6.07, 6.45) is 0. The van der Waals surface area contributed by atoms with Crippen LogP contribution in [0.25, 0.3) is 5.57 Å². The Hall–Kier alpha value is -2.61. The summed E-state index contributed by atoms with van der Waals surface area (Å²) < 4.78 is 4.77. The summed E-state index contributed by atoms with van der Waals surface area (Å²) in [5, 5.41) is 11.7. The lowest BCUT2D eigenvalue weighted by Gasteiger charge is -2.03. The lowest BCUT2D eigenvalue weighted by atomic mass is 10.0. The second kappa shape index (κ2) is 4.72. The highest BCUT2D eigenvalue weighted by Gasteiger charge is 2.27. The Morgan fingerprint density at radius 1 is 1.44 bits per heavy atom. The normalized spacial score (nSPS) is 15.4. The fourth-order valence-electron chi connectivity index (χ4n) is 1.75. The molecule has 1 aromatic carbocycles. The Morgan fingerprint density at radius 2 is 2.17 bits per heavy atom. The van der Waals surface area contributed by atoms with Gasteiger partial charge in [-0.05, 0) is 6.07 Å². The molecule has 1 N–H and O–H groups in total. The molecule has 0 spiro atoms. The highest BCUT2D eigenvalue weighted by Crippen LogP contribution is 2.33. The summed E-state index contributed by atoms with van der Waals surface area (Å²) in [5.41, 5.74) is 1.74. The van der Waals surface area contributed by atoms with Gasteiger partial charge in [-0.3, -0.25) is 9.59 Å². The van der Waals surface area contributed by atoms with E-state index in [0.717, 1.165) is 0 Å². The topological polar surface area (TPSA) is 79.2 Å². The van der Waals surface area contributed by atoms with E-state index in [0.29, 0.717) is 11.3 Å². The molecule has 90 valence electrons. The number of amides is 1. The molecule has 0 saturated carbocycles. The van der Waals surface area contributed by atoms with E-state index < -0.39 is 5.97 Å². The first-order valence-electron chi connectivity index (χ1n) is 5.31. The van der Waals surface area contributed by atoms with Gasteiger partial charge in [-0.1, -0.05) is 18.2 Å². The van der Waals surface area contributed by atoms with Gasteiger partial charge in [0.05, 0.1) is 17.2 Å². The van der Waals surface area contributed by atoms with Gasteiger partial charge >= 0.3 is 5.97 Å². The SMILES string of the molecule is CC(=O)OC/C(C#N)=C1\C(=O)Nc2ccccc21. The summed E-state index contributed by atoms with van der Waals surface area (Å²) in [6, 6.07) is 8.98. The van der Waals surface area contributed by atoms with Crippen molar-refractivity contribution in [2.75, 3.05) is 11.9 Å². The van der Waals surface area contributed by atoms with Crippen molar-refractivity contribution in [2.24, 2.45) is 0 Å². The van der Waals surface area contributed by atoms with Gasteiger partial charge < -0.3 is 10.1 Å². The van der Waals surface area contributed by atoms with Crippen LogP contribution in [0.2, 0.25) is 0 Å². The minimum atomic E-state index is -0.491. The van der Waals surface area contributed by atoms with E-state index in [4.69, 9.17) is 10.00 Å². The number of nitriles is 1. The summed E-state index contributed by atoms with van der Waals surface area (Å²) in [7, 11) is 0. The van der Waals surface area contributed by atoms with Gasteiger partial charge in [0, 0.05) is 18.2 Å². The van der Waals surface area contributed by atoms with E-state index in [9.17, 15) is 9.59 Å². The number of benzene rings is 1. The number of nitrogens with one attached hydrogen (secondary N) is 1. The maximum atomic E-state index is 11.8. The van der Waals surface area contributed by atoms with Crippen molar-refractivity contribution in [1.82, 2.24) is 0 Å². The predicted molar refractivity (Wildman–Crippen MR) is 64.2 cm³/mol. The van der Waals surface area contributed by atoms with Gasteiger partial charge in [0.25, 0.3) is 5.91 Å². The minimum absolute atomic E-state index is 0.146. The number of hydrogen-bond donors (Lipinski definition) is 1. The number of fused-ring (bicyclic) bond motifs is 1. The number of carbonyl (C=O) groups is 2. The zero-order valence-corrected chi connectivity index (χ0v) is 9.69. The third-order valence-corrected chi connectivity index (χ3v) is 2.53. The fraction of sp³-hybridized carbons (Fsp3) is 0.154. The lowest BCUT2D eigenvalue weighted by molar-refractivity contribution is -0.139. The molecule has 0 bridgehead atoms. The van der Waals surface area contributed by atoms with E-state index in [1.165, 1.54) is 6.92 Å². The minimum Gasteiger partial charge on any atom is -0.460 e. The molecule has 1 aliphatic rings. The second-order valence-electron chi connectivity index (χ2n) is 3.75. The number of ether oxygens (including phenoxy) is 1. The van der Waals surface area contributed by atoms with Gasteiger partial charge in [0.1, 0.15) is 6.61 Å². The summed E-state index contributed by atoms with van der Waals surface area (Å²) in [6.45, 7) is 1.06. The van der Waals surface area contributed by atoms with Gasteiger partial charge in [-0.2, -0.15) is 5.26 Å². The van der Waals surface area contributed by atoms with E-state index >= 15 is 0 Å². The van der Waals surface area contributed by atoms with Crippen LogP contribution in [0.15, 0.2) is 29.8 Å². The first-order valence-corrected chi connectivity index (χ1v) is 5.31. The van der Waals surface area contributed by atoms with Crippen LogP contribution in [0.1, 0.15) is 12.5 Å². The molecule has 2 rings (SSSR count). The Morgan fingerprint density at radius 3 is 2.83 bits per heavy atom. The molecular weight excluding hydrogens is 232 g/mol. The van der Waals surface area contributed by atoms with Crippen molar-refractivity contribution in [3.8, 4) is 6.07 Å². The number of hydrogen-bond acceptors (Lipinski definition) is 4. The number of esters is 1. The molecule has 0 unspecified atom stereocenters. The van der Waals surface area contributed by atoms with Crippen LogP contribution in [0.3, 0.4) is 0 Å². The third kappa shape index (κ3) is 2.09. The van der Waals surface area contributed by atoms with Crippen molar-refractivity contribution in [2.45, 2.75) is 6.92 Å². The van der Waals surface area contributed by atoms with Gasteiger partial charge in [0.2, 0.25) is 0 Å². The van der Waals surface area contributed by atoms with Gasteiger partial charge in [0.15, 0.2) is 0 Å². The maximum Gasteiger partial charge on any atom is 0.302 e. The molecule has 5 heteroatoms. The Balaban J connectivity index is 2.44. The molecule has 0 radical (unpaired) electrons. The molecule has 1 amide bonds.